The van der Waals surface area contributed by atoms with E-state index in [1.807, 2.05) is 54.6 Å². The molecule has 1 unspecified atom stereocenters. The Kier molecular flexibility index (Phi) is 7.07. The molecule has 0 radical (unpaired) electrons. The molecule has 0 fully saturated rings. The number of carbonyl (C=O) groups excluding carboxylic acids is 1. The quantitative estimate of drug-likeness (QED) is 0.457. The van der Waals surface area contributed by atoms with Crippen LogP contribution in [0.25, 0.3) is 0 Å². The van der Waals surface area contributed by atoms with Crippen LogP contribution in [-0.2, 0) is 26.0 Å². The van der Waals surface area contributed by atoms with E-state index in [9.17, 15) is 13.2 Å². The third-order valence-electron chi connectivity index (χ3n) is 4.86. The van der Waals surface area contributed by atoms with E-state index >= 15 is 0 Å². The molecule has 0 spiro atoms. The van der Waals surface area contributed by atoms with Gasteiger partial charge in [0.05, 0.1) is 24.5 Å². The number of methoxy groups -OCH3 is 1. The summed E-state index contributed by atoms with van der Waals surface area (Å²) >= 11 is 3.56. The first-order valence-corrected chi connectivity index (χ1v) is 11.5. The number of nitrogens with zero attached hydrogens (tertiary/aromatic N) is 1. The Hall–Kier alpha value is -2.48. The van der Waals surface area contributed by atoms with Gasteiger partial charge in [-0.1, -0.05) is 76.6 Å². The zero-order valence-corrected chi connectivity index (χ0v) is 19.1. The van der Waals surface area contributed by atoms with E-state index in [2.05, 4.69) is 20.7 Å². The summed E-state index contributed by atoms with van der Waals surface area (Å²) in [6.45, 7) is 0. The summed E-state index contributed by atoms with van der Waals surface area (Å²) in [5.74, 6) is -0.374. The number of ether oxygens (including phenoxy) is 1. The van der Waals surface area contributed by atoms with Crippen molar-refractivity contribution in [2.24, 2.45) is 0 Å². The van der Waals surface area contributed by atoms with E-state index in [0.29, 0.717) is 5.56 Å². The molecular weight excluding hydrogens is 466 g/mol. The van der Waals surface area contributed by atoms with Gasteiger partial charge in [0.2, 0.25) is 10.0 Å². The van der Waals surface area contributed by atoms with Gasteiger partial charge in [-0.3, -0.25) is 4.79 Å². The molecule has 3 aromatic rings. The van der Waals surface area contributed by atoms with Crippen molar-refractivity contribution in [1.29, 1.82) is 0 Å². The Morgan fingerprint density at radius 2 is 1.57 bits per heavy atom. The van der Waals surface area contributed by atoms with Crippen LogP contribution in [-0.4, -0.2) is 32.8 Å². The maximum absolute atomic E-state index is 13.4. The van der Waals surface area contributed by atoms with Gasteiger partial charge in [0.1, 0.15) is 0 Å². The third-order valence-corrected chi connectivity index (χ3v) is 7.41. The lowest BCUT2D eigenvalue weighted by Gasteiger charge is -2.29. The average molecular weight is 488 g/mol. The molecule has 3 rings (SSSR count). The lowest BCUT2D eigenvalue weighted by molar-refractivity contribution is -0.139. The van der Waals surface area contributed by atoms with E-state index in [4.69, 9.17) is 0 Å². The van der Waals surface area contributed by atoms with Gasteiger partial charge in [0.15, 0.2) is 0 Å². The van der Waals surface area contributed by atoms with E-state index in [1.165, 1.54) is 23.5 Å². The van der Waals surface area contributed by atoms with Crippen molar-refractivity contribution in [2.75, 3.05) is 14.2 Å². The van der Waals surface area contributed by atoms with Gasteiger partial charge in [-0.15, -0.1) is 0 Å². The molecule has 30 heavy (non-hydrogen) atoms. The Morgan fingerprint density at radius 3 is 2.17 bits per heavy atom. The fourth-order valence-corrected chi connectivity index (χ4v) is 5.07. The highest BCUT2D eigenvalue weighted by Crippen LogP contribution is 2.35. The first-order valence-electron chi connectivity index (χ1n) is 9.27. The van der Waals surface area contributed by atoms with Crippen molar-refractivity contribution in [3.63, 3.8) is 0 Å². The Balaban J connectivity index is 2.00. The van der Waals surface area contributed by atoms with Gasteiger partial charge in [-0.05, 0) is 34.9 Å². The minimum Gasteiger partial charge on any atom is -0.469 e. The molecule has 5 nitrogen and oxygen atoms in total. The predicted molar refractivity (Wildman–Crippen MR) is 120 cm³/mol. The highest BCUT2D eigenvalue weighted by molar-refractivity contribution is 9.10. The number of sulfonamides is 1. The van der Waals surface area contributed by atoms with Crippen LogP contribution in [0.4, 0.5) is 0 Å². The highest BCUT2D eigenvalue weighted by atomic mass is 79.9. The lowest BCUT2D eigenvalue weighted by Crippen LogP contribution is -2.32. The summed E-state index contributed by atoms with van der Waals surface area (Å²) in [4.78, 5) is 11.6. The number of carbonyl (C=O) groups is 1. The SMILES string of the molecule is COC(=O)Cc1ccc(S(=O)(=O)N(C)C(c2ccccc2)c2ccccc2Br)cc1. The molecule has 1 atom stereocenters. The summed E-state index contributed by atoms with van der Waals surface area (Å²) in [6, 6.07) is 22.9. The molecule has 0 saturated heterocycles. The summed E-state index contributed by atoms with van der Waals surface area (Å²) in [7, 11) is -0.907. The number of hydrogen-bond donors (Lipinski definition) is 0. The second kappa shape index (κ2) is 9.55. The number of halogens is 1. The first kappa shape index (κ1) is 22.2. The van der Waals surface area contributed by atoms with Gasteiger partial charge in [-0.25, -0.2) is 8.42 Å². The topological polar surface area (TPSA) is 63.7 Å². The van der Waals surface area contributed by atoms with Crippen LogP contribution in [0.5, 0.6) is 0 Å². The fraction of sp³-hybridized carbons (Fsp3) is 0.174. The molecule has 7 heteroatoms. The lowest BCUT2D eigenvalue weighted by atomic mass is 9.99. The van der Waals surface area contributed by atoms with Gasteiger partial charge < -0.3 is 4.74 Å². The van der Waals surface area contributed by atoms with Crippen LogP contribution in [0.15, 0.2) is 88.2 Å². The molecule has 0 saturated carbocycles. The molecule has 0 aromatic heterocycles. The minimum atomic E-state index is -3.81. The smallest absolute Gasteiger partial charge is 0.309 e. The molecule has 0 N–H and O–H groups in total. The van der Waals surface area contributed by atoms with E-state index < -0.39 is 16.1 Å². The second-order valence-corrected chi connectivity index (χ2v) is 9.60. The number of hydrogen-bond acceptors (Lipinski definition) is 4. The minimum absolute atomic E-state index is 0.0935. The van der Waals surface area contributed by atoms with Crippen molar-refractivity contribution in [3.05, 3.63) is 100 Å². The molecule has 0 aliphatic heterocycles. The molecule has 0 amide bonds. The molecule has 0 heterocycles. The molecule has 0 aliphatic carbocycles. The number of esters is 1. The zero-order chi connectivity index (χ0) is 21.7. The fourth-order valence-electron chi connectivity index (χ4n) is 3.24. The van der Waals surface area contributed by atoms with Crippen molar-refractivity contribution in [1.82, 2.24) is 4.31 Å². The van der Waals surface area contributed by atoms with Crippen LogP contribution >= 0.6 is 15.9 Å². The van der Waals surface area contributed by atoms with E-state index in [1.54, 1.807) is 19.2 Å². The van der Waals surface area contributed by atoms with Crippen molar-refractivity contribution >= 4 is 31.9 Å². The van der Waals surface area contributed by atoms with Crippen LogP contribution < -0.4 is 0 Å². The van der Waals surface area contributed by atoms with Crippen LogP contribution in [0.1, 0.15) is 22.7 Å². The molecule has 156 valence electrons. The molecule has 0 bridgehead atoms. The summed E-state index contributed by atoms with van der Waals surface area (Å²) < 4.78 is 33.7. The molecule has 0 aliphatic rings. The average Bonchev–Trinajstić information content (AvgIpc) is 2.76. The van der Waals surface area contributed by atoms with Crippen LogP contribution in [0.3, 0.4) is 0 Å². The predicted octanol–water partition coefficient (Wildman–Crippen LogP) is 4.57. The Bertz CT molecular complexity index is 1120. The maximum atomic E-state index is 13.4. The van der Waals surface area contributed by atoms with Crippen molar-refractivity contribution < 1.29 is 17.9 Å². The Morgan fingerprint density at radius 1 is 0.967 bits per heavy atom. The van der Waals surface area contributed by atoms with Crippen LogP contribution in [0, 0.1) is 0 Å². The van der Waals surface area contributed by atoms with E-state index in [-0.39, 0.29) is 17.3 Å². The maximum Gasteiger partial charge on any atom is 0.309 e. The molecular formula is C23H22BrNO4S. The van der Waals surface area contributed by atoms with E-state index in [0.717, 1.165) is 15.6 Å². The summed E-state index contributed by atoms with van der Waals surface area (Å²) in [5, 5.41) is 0. The Labute approximate surface area is 185 Å². The molecule has 3 aromatic carbocycles. The standard InChI is InChI=1S/C23H22BrNO4S/c1-25(30(27,28)19-14-12-17(13-15-19)16-22(26)29-2)23(18-8-4-3-5-9-18)20-10-6-7-11-21(20)24/h3-15,23H,16H2,1-2H3. The van der Waals surface area contributed by atoms with Gasteiger partial charge in [-0.2, -0.15) is 4.31 Å². The van der Waals surface area contributed by atoms with Gasteiger partial charge in [0, 0.05) is 11.5 Å². The number of benzene rings is 3. The summed E-state index contributed by atoms with van der Waals surface area (Å²) in [6.07, 6.45) is 0.0935. The highest BCUT2D eigenvalue weighted by Gasteiger charge is 2.31. The summed E-state index contributed by atoms with van der Waals surface area (Å²) in [5.41, 5.74) is 2.39. The van der Waals surface area contributed by atoms with Crippen LogP contribution in [0.2, 0.25) is 0 Å². The largest absolute Gasteiger partial charge is 0.469 e. The monoisotopic (exact) mass is 487 g/mol. The van der Waals surface area contributed by atoms with Crippen molar-refractivity contribution in [2.45, 2.75) is 17.4 Å². The normalized spacial score (nSPS) is 12.5. The van der Waals surface area contributed by atoms with Gasteiger partial charge >= 0.3 is 5.97 Å². The zero-order valence-electron chi connectivity index (χ0n) is 16.7. The first-order chi connectivity index (χ1) is 14.3. The third kappa shape index (κ3) is 4.80. The van der Waals surface area contributed by atoms with Gasteiger partial charge in [0.25, 0.3) is 0 Å². The van der Waals surface area contributed by atoms with Crippen molar-refractivity contribution in [3.8, 4) is 0 Å². The second-order valence-electron chi connectivity index (χ2n) is 6.75. The number of rotatable bonds is 7.